The van der Waals surface area contributed by atoms with Crippen molar-refractivity contribution in [1.82, 2.24) is 0 Å². The number of halogens is 2. The highest BCUT2D eigenvalue weighted by Crippen LogP contribution is 2.33. The minimum atomic E-state index is -1.58. The molecule has 5 heteroatoms. The maximum Gasteiger partial charge on any atom is 0.197 e. The van der Waals surface area contributed by atoms with E-state index in [0.29, 0.717) is 0 Å². The zero-order valence-corrected chi connectivity index (χ0v) is 15.4. The monoisotopic (exact) mass is 313 g/mol. The molecule has 0 aliphatic rings. The van der Waals surface area contributed by atoms with Crippen LogP contribution < -0.4 is 0 Å². The molecule has 0 fully saturated rings. The van der Waals surface area contributed by atoms with Gasteiger partial charge in [0.1, 0.15) is 4.33 Å². The molecule has 0 aromatic heterocycles. The van der Waals surface area contributed by atoms with Crippen LogP contribution in [0.15, 0.2) is 0 Å². The van der Waals surface area contributed by atoms with Crippen molar-refractivity contribution in [3.05, 3.63) is 0 Å². The van der Waals surface area contributed by atoms with Crippen LogP contribution in [0.4, 0.5) is 0 Å². The largest absolute Gasteiger partial charge is 0.455 e. The van der Waals surface area contributed by atoms with Crippen LogP contribution in [0.25, 0.3) is 0 Å². The van der Waals surface area contributed by atoms with Gasteiger partial charge in [-0.15, -0.1) is 23.2 Å². The average Bonchev–Trinajstić information content (AvgIpc) is 2.29. The van der Waals surface area contributed by atoms with E-state index in [1.807, 2.05) is 6.92 Å². The van der Waals surface area contributed by atoms with Crippen molar-refractivity contribution in [3.8, 4) is 0 Å². The molecule has 0 bridgehead atoms. The summed E-state index contributed by atoms with van der Waals surface area (Å²) in [6, 6.07) is 5.87. The first kappa shape index (κ1) is 18.0. The fraction of sp³-hybridized carbons (Fsp3) is 1.00. The zero-order valence-electron chi connectivity index (χ0n) is 11.9. The van der Waals surface area contributed by atoms with Gasteiger partial charge in [-0.25, -0.2) is 0 Å². The van der Waals surface area contributed by atoms with Crippen LogP contribution in [0.3, 0.4) is 0 Å². The van der Waals surface area contributed by atoms with Crippen LogP contribution >= 0.6 is 23.2 Å². The molecule has 0 aromatic rings. The third-order valence-electron chi connectivity index (χ3n) is 3.46. The molecular weight excluding hydrogens is 287 g/mol. The molecule has 0 saturated carbocycles. The van der Waals surface area contributed by atoms with E-state index in [2.05, 4.69) is 27.7 Å². The van der Waals surface area contributed by atoms with E-state index in [9.17, 15) is 0 Å². The maximum atomic E-state index is 6.55. The topological polar surface area (TPSA) is 9.23 Å². The van der Waals surface area contributed by atoms with E-state index in [4.69, 9.17) is 27.3 Å². The Labute approximate surface area is 120 Å². The molecule has 0 aliphatic heterocycles. The molecule has 0 heterocycles. The van der Waals surface area contributed by atoms with Gasteiger partial charge in [-0.05, 0) is 43.6 Å². The van der Waals surface area contributed by atoms with Crippen LogP contribution in [-0.4, -0.2) is 21.7 Å². The van der Waals surface area contributed by atoms with E-state index < -0.39 is 21.7 Å². The van der Waals surface area contributed by atoms with Gasteiger partial charge >= 0.3 is 0 Å². The summed E-state index contributed by atoms with van der Waals surface area (Å²) in [4.78, 5) is 0. The molecule has 103 valence electrons. The highest BCUT2D eigenvalue weighted by atomic mass is 35.5. The Morgan fingerprint density at radius 1 is 1.06 bits per heavy atom. The predicted octanol–water partition coefficient (Wildman–Crippen LogP) is 5.60. The molecule has 1 radical (unpaired) electrons. The Morgan fingerprint density at radius 3 is 1.82 bits per heavy atom. The smallest absolute Gasteiger partial charge is 0.197 e. The molecule has 0 rings (SSSR count). The standard InChI is InChI=1S/C12H27Cl2OSi2/c1-6-16(7-2)15-17(8-3,9-4)11-10-12(5,13)14/h6-11H2,1-5H3. The van der Waals surface area contributed by atoms with Gasteiger partial charge in [-0.3, -0.25) is 0 Å². The fourth-order valence-corrected chi connectivity index (χ4v) is 10.3. The maximum absolute atomic E-state index is 6.55. The fourth-order valence-electron chi connectivity index (χ4n) is 1.95. The Kier molecular flexibility index (Phi) is 8.68. The first-order valence-corrected chi connectivity index (χ1v) is 11.8. The van der Waals surface area contributed by atoms with E-state index in [1.165, 1.54) is 24.2 Å². The minimum absolute atomic E-state index is 0.595. The molecule has 0 amide bonds. The van der Waals surface area contributed by atoms with E-state index in [-0.39, 0.29) is 0 Å². The second kappa shape index (κ2) is 8.21. The summed E-state index contributed by atoms with van der Waals surface area (Å²) in [5.74, 6) is 0. The van der Waals surface area contributed by atoms with Crippen LogP contribution in [0.1, 0.15) is 41.0 Å². The summed E-state index contributed by atoms with van der Waals surface area (Å²) in [7, 11) is -2.18. The van der Waals surface area contributed by atoms with Crippen LogP contribution in [0.5, 0.6) is 0 Å². The Balaban J connectivity index is 4.54. The first-order chi connectivity index (χ1) is 7.82. The zero-order chi connectivity index (χ0) is 13.5. The third kappa shape index (κ3) is 7.21. The van der Waals surface area contributed by atoms with Gasteiger partial charge < -0.3 is 4.12 Å². The highest BCUT2D eigenvalue weighted by molar-refractivity contribution is 6.80. The summed E-state index contributed by atoms with van der Waals surface area (Å²) in [5, 5.41) is 0. The van der Waals surface area contributed by atoms with Gasteiger partial charge in [0.15, 0.2) is 17.4 Å². The lowest BCUT2D eigenvalue weighted by Gasteiger charge is -2.34. The predicted molar refractivity (Wildman–Crippen MR) is 84.1 cm³/mol. The first-order valence-electron chi connectivity index (χ1n) is 6.74. The highest BCUT2D eigenvalue weighted by Gasteiger charge is 2.35. The molecule has 0 saturated heterocycles. The quantitative estimate of drug-likeness (QED) is 0.397. The second-order valence-corrected chi connectivity index (χ2v) is 14.3. The summed E-state index contributed by atoms with van der Waals surface area (Å²) in [6.07, 6.45) is 0.854. The molecular formula is C12H27Cl2OSi2. The molecule has 0 atom stereocenters. The summed E-state index contributed by atoms with van der Waals surface area (Å²) < 4.78 is 5.95. The van der Waals surface area contributed by atoms with Crippen molar-refractivity contribution < 1.29 is 4.12 Å². The lowest BCUT2D eigenvalue weighted by molar-refractivity contribution is 0.531. The lowest BCUT2D eigenvalue weighted by Crippen LogP contribution is -2.42. The van der Waals surface area contributed by atoms with Crippen LogP contribution in [-0.2, 0) is 4.12 Å². The van der Waals surface area contributed by atoms with Crippen molar-refractivity contribution >= 4 is 40.6 Å². The second-order valence-electron chi connectivity index (χ2n) is 4.81. The van der Waals surface area contributed by atoms with E-state index in [1.54, 1.807) is 0 Å². The summed E-state index contributed by atoms with van der Waals surface area (Å²) >= 11 is 12.2. The normalized spacial score (nSPS) is 13.4. The summed E-state index contributed by atoms with van der Waals surface area (Å²) in [6.45, 7) is 10.9. The molecule has 0 aromatic carbocycles. The van der Waals surface area contributed by atoms with Crippen molar-refractivity contribution in [3.63, 3.8) is 0 Å². The van der Waals surface area contributed by atoms with Gasteiger partial charge in [0.25, 0.3) is 0 Å². The molecule has 0 aliphatic carbocycles. The number of rotatable bonds is 9. The van der Waals surface area contributed by atoms with Gasteiger partial charge in [-0.2, -0.15) is 0 Å². The van der Waals surface area contributed by atoms with Gasteiger partial charge in [0, 0.05) is 0 Å². The third-order valence-corrected chi connectivity index (χ3v) is 12.0. The molecule has 0 N–H and O–H groups in total. The number of hydrogen-bond acceptors (Lipinski definition) is 1. The van der Waals surface area contributed by atoms with Crippen molar-refractivity contribution in [2.24, 2.45) is 0 Å². The Bertz CT molecular complexity index is 199. The number of alkyl halides is 2. The Hall–Kier alpha value is 0.974. The Morgan fingerprint density at radius 2 is 1.53 bits per heavy atom. The SMILES string of the molecule is CC[Si](CC)O[Si](CC)(CC)CCC(C)(Cl)Cl. The van der Waals surface area contributed by atoms with Crippen molar-refractivity contribution in [2.45, 2.75) is 75.6 Å². The number of hydrogen-bond donors (Lipinski definition) is 0. The molecule has 0 spiro atoms. The van der Waals surface area contributed by atoms with Crippen molar-refractivity contribution in [2.75, 3.05) is 0 Å². The van der Waals surface area contributed by atoms with Crippen molar-refractivity contribution in [1.29, 1.82) is 0 Å². The van der Waals surface area contributed by atoms with E-state index >= 15 is 0 Å². The van der Waals surface area contributed by atoms with Crippen LogP contribution in [0.2, 0.25) is 30.2 Å². The summed E-state index contributed by atoms with van der Waals surface area (Å²) in [5.41, 5.74) is 0. The molecule has 1 nitrogen and oxygen atoms in total. The van der Waals surface area contributed by atoms with E-state index in [0.717, 1.165) is 12.5 Å². The van der Waals surface area contributed by atoms with Gasteiger partial charge in [0.2, 0.25) is 0 Å². The van der Waals surface area contributed by atoms with Gasteiger partial charge in [-0.1, -0.05) is 27.7 Å². The molecule has 0 unspecified atom stereocenters. The van der Waals surface area contributed by atoms with Crippen LogP contribution in [0, 0.1) is 0 Å². The van der Waals surface area contributed by atoms with Gasteiger partial charge in [0.05, 0.1) is 0 Å². The average molecular weight is 314 g/mol. The molecule has 17 heavy (non-hydrogen) atoms. The minimum Gasteiger partial charge on any atom is -0.455 e. The lowest BCUT2D eigenvalue weighted by atomic mass is 10.4.